The molecule has 1 N–H and O–H groups in total. The van der Waals surface area contributed by atoms with Crippen molar-refractivity contribution in [3.8, 4) is 0 Å². The first-order valence-electron chi connectivity index (χ1n) is 7.27. The van der Waals surface area contributed by atoms with Gasteiger partial charge in [-0.05, 0) is 18.2 Å². The summed E-state index contributed by atoms with van der Waals surface area (Å²) in [6.45, 7) is 0. The van der Waals surface area contributed by atoms with Crippen LogP contribution in [0.2, 0.25) is 5.02 Å². The number of methoxy groups -OCH3 is 1. The normalized spacial score (nSPS) is 10.1. The Bertz CT molecular complexity index is 759. The summed E-state index contributed by atoms with van der Waals surface area (Å²) in [5, 5.41) is 2.87. The second-order valence-corrected chi connectivity index (χ2v) is 5.43. The Morgan fingerprint density at radius 1 is 1.04 bits per heavy atom. The highest BCUT2D eigenvalue weighted by Gasteiger charge is 2.13. The van der Waals surface area contributed by atoms with Crippen LogP contribution in [0.1, 0.15) is 33.6 Å². The van der Waals surface area contributed by atoms with Crippen LogP contribution in [0.25, 0.3) is 0 Å². The van der Waals surface area contributed by atoms with Crippen LogP contribution in [-0.2, 0) is 9.53 Å². The largest absolute Gasteiger partial charge is 0.465 e. The summed E-state index contributed by atoms with van der Waals surface area (Å²) in [4.78, 5) is 35.5. The van der Waals surface area contributed by atoms with Crippen molar-refractivity contribution < 1.29 is 19.1 Å². The molecule has 124 valence electrons. The number of hydrogen-bond acceptors (Lipinski definition) is 4. The van der Waals surface area contributed by atoms with E-state index in [9.17, 15) is 14.4 Å². The topological polar surface area (TPSA) is 72.5 Å². The number of halogens is 1. The highest BCUT2D eigenvalue weighted by atomic mass is 35.5. The van der Waals surface area contributed by atoms with E-state index in [1.54, 1.807) is 30.3 Å². The smallest absolute Gasteiger partial charge is 0.339 e. The summed E-state index contributed by atoms with van der Waals surface area (Å²) < 4.78 is 4.62. The summed E-state index contributed by atoms with van der Waals surface area (Å²) in [6.07, 6.45) is 0.150. The van der Waals surface area contributed by atoms with Crippen LogP contribution in [0.15, 0.2) is 48.5 Å². The number of Topliss-reactive ketones (excluding diaryl/α,β-unsaturated/α-hetero) is 1. The number of esters is 1. The number of carbonyl (C=O) groups excluding carboxylic acids is 3. The number of ketones is 1. The van der Waals surface area contributed by atoms with Crippen LogP contribution in [0, 0.1) is 0 Å². The standard InChI is InChI=1S/C18H16ClNO4/c1-24-18(23)14-11-13(7-8-15(14)19)20-17(22)10-9-16(21)12-5-3-2-4-6-12/h2-8,11H,9-10H2,1H3,(H,20,22). The molecule has 0 fully saturated rings. The Morgan fingerprint density at radius 2 is 1.75 bits per heavy atom. The highest BCUT2D eigenvalue weighted by molar-refractivity contribution is 6.33. The van der Waals surface area contributed by atoms with Gasteiger partial charge in [0.2, 0.25) is 5.91 Å². The molecule has 0 spiro atoms. The van der Waals surface area contributed by atoms with Gasteiger partial charge in [-0.2, -0.15) is 0 Å². The third-order valence-corrected chi connectivity index (χ3v) is 3.66. The molecule has 1 amide bonds. The number of anilines is 1. The van der Waals surface area contributed by atoms with E-state index in [1.807, 2.05) is 6.07 Å². The van der Waals surface area contributed by atoms with Crippen molar-refractivity contribution in [3.05, 3.63) is 64.7 Å². The molecule has 5 nitrogen and oxygen atoms in total. The van der Waals surface area contributed by atoms with Gasteiger partial charge >= 0.3 is 5.97 Å². The zero-order valence-corrected chi connectivity index (χ0v) is 13.8. The molecular weight excluding hydrogens is 330 g/mol. The third-order valence-electron chi connectivity index (χ3n) is 3.33. The average Bonchev–Trinajstić information content (AvgIpc) is 2.61. The third kappa shape index (κ3) is 4.67. The van der Waals surface area contributed by atoms with Crippen LogP contribution < -0.4 is 5.32 Å². The zero-order chi connectivity index (χ0) is 17.5. The monoisotopic (exact) mass is 345 g/mol. The molecule has 0 radical (unpaired) electrons. The van der Waals surface area contributed by atoms with Gasteiger partial charge in [0, 0.05) is 24.1 Å². The lowest BCUT2D eigenvalue weighted by molar-refractivity contribution is -0.116. The fourth-order valence-electron chi connectivity index (χ4n) is 2.09. The maximum atomic E-state index is 12.0. The quantitative estimate of drug-likeness (QED) is 0.639. The van der Waals surface area contributed by atoms with E-state index in [-0.39, 0.29) is 35.1 Å². The number of hydrogen-bond donors (Lipinski definition) is 1. The highest BCUT2D eigenvalue weighted by Crippen LogP contribution is 2.21. The van der Waals surface area contributed by atoms with Gasteiger partial charge in [0.1, 0.15) is 0 Å². The molecule has 6 heteroatoms. The predicted octanol–water partition coefficient (Wildman–Crippen LogP) is 3.73. The molecule has 24 heavy (non-hydrogen) atoms. The van der Waals surface area contributed by atoms with E-state index in [2.05, 4.69) is 10.1 Å². The summed E-state index contributed by atoms with van der Waals surface area (Å²) >= 11 is 5.92. The molecule has 0 atom stereocenters. The van der Waals surface area contributed by atoms with E-state index < -0.39 is 5.97 Å². The Kier molecular flexibility index (Phi) is 6.09. The van der Waals surface area contributed by atoms with Crippen molar-refractivity contribution >= 4 is 34.9 Å². The van der Waals surface area contributed by atoms with Gasteiger partial charge in [-0.1, -0.05) is 41.9 Å². The number of carbonyl (C=O) groups is 3. The van der Waals surface area contributed by atoms with E-state index >= 15 is 0 Å². The molecule has 2 rings (SSSR count). The molecule has 0 aliphatic heterocycles. The van der Waals surface area contributed by atoms with Crippen LogP contribution in [-0.4, -0.2) is 24.8 Å². The summed E-state index contributed by atoms with van der Waals surface area (Å²) in [5.74, 6) is -1.01. The Balaban J connectivity index is 1.95. The molecule has 0 aliphatic carbocycles. The molecule has 0 heterocycles. The molecule has 0 aliphatic rings. The Morgan fingerprint density at radius 3 is 2.42 bits per heavy atom. The predicted molar refractivity (Wildman–Crippen MR) is 91.4 cm³/mol. The van der Waals surface area contributed by atoms with E-state index in [0.29, 0.717) is 11.3 Å². The first-order valence-corrected chi connectivity index (χ1v) is 7.65. The van der Waals surface area contributed by atoms with Crippen LogP contribution >= 0.6 is 11.6 Å². The van der Waals surface area contributed by atoms with Gasteiger partial charge in [-0.15, -0.1) is 0 Å². The second kappa shape index (κ2) is 8.26. The van der Waals surface area contributed by atoms with Crippen LogP contribution in [0.4, 0.5) is 5.69 Å². The molecule has 0 aromatic heterocycles. The first-order chi connectivity index (χ1) is 11.5. The van der Waals surface area contributed by atoms with E-state index in [0.717, 1.165) is 0 Å². The lowest BCUT2D eigenvalue weighted by Gasteiger charge is -2.08. The molecule has 0 bridgehead atoms. The molecule has 2 aromatic rings. The number of ether oxygens (including phenoxy) is 1. The van der Waals surface area contributed by atoms with Gasteiger partial charge in [0.15, 0.2) is 5.78 Å². The van der Waals surface area contributed by atoms with Crippen molar-refractivity contribution in [2.75, 3.05) is 12.4 Å². The first kappa shape index (κ1) is 17.7. The van der Waals surface area contributed by atoms with E-state index in [1.165, 1.54) is 19.2 Å². The number of benzene rings is 2. The second-order valence-electron chi connectivity index (χ2n) is 5.02. The lowest BCUT2D eigenvalue weighted by atomic mass is 10.1. The Hall–Kier alpha value is -2.66. The van der Waals surface area contributed by atoms with Gasteiger partial charge in [-0.25, -0.2) is 4.79 Å². The molecule has 2 aromatic carbocycles. The summed E-state index contributed by atoms with van der Waals surface area (Å²) in [7, 11) is 1.25. The minimum absolute atomic E-state index is 0.0455. The summed E-state index contributed by atoms with van der Waals surface area (Å²) in [6, 6.07) is 13.3. The fourth-order valence-corrected chi connectivity index (χ4v) is 2.28. The minimum Gasteiger partial charge on any atom is -0.465 e. The molecule has 0 unspecified atom stereocenters. The SMILES string of the molecule is COC(=O)c1cc(NC(=O)CCC(=O)c2ccccc2)ccc1Cl. The van der Waals surface area contributed by atoms with Crippen molar-refractivity contribution in [1.29, 1.82) is 0 Å². The number of nitrogens with one attached hydrogen (secondary N) is 1. The van der Waals surface area contributed by atoms with Crippen molar-refractivity contribution in [3.63, 3.8) is 0 Å². The Labute approximate surface area is 144 Å². The maximum Gasteiger partial charge on any atom is 0.339 e. The van der Waals surface area contributed by atoms with Gasteiger partial charge in [-0.3, -0.25) is 9.59 Å². The average molecular weight is 346 g/mol. The van der Waals surface area contributed by atoms with Crippen molar-refractivity contribution in [2.45, 2.75) is 12.8 Å². The van der Waals surface area contributed by atoms with E-state index in [4.69, 9.17) is 11.6 Å². The van der Waals surface area contributed by atoms with Crippen molar-refractivity contribution in [1.82, 2.24) is 0 Å². The maximum absolute atomic E-state index is 12.0. The molecular formula is C18H16ClNO4. The summed E-state index contributed by atoms with van der Waals surface area (Å²) in [5.41, 5.74) is 1.15. The minimum atomic E-state index is -0.588. The van der Waals surface area contributed by atoms with Gasteiger partial charge in [0.25, 0.3) is 0 Å². The zero-order valence-electron chi connectivity index (χ0n) is 13.0. The number of amides is 1. The van der Waals surface area contributed by atoms with Gasteiger partial charge < -0.3 is 10.1 Å². The lowest BCUT2D eigenvalue weighted by Crippen LogP contribution is -2.14. The van der Waals surface area contributed by atoms with Crippen molar-refractivity contribution in [2.24, 2.45) is 0 Å². The van der Waals surface area contributed by atoms with Gasteiger partial charge in [0.05, 0.1) is 17.7 Å². The van der Waals surface area contributed by atoms with Crippen LogP contribution in [0.3, 0.4) is 0 Å². The number of rotatable bonds is 6. The fraction of sp³-hybridized carbons (Fsp3) is 0.167. The molecule has 0 saturated heterocycles. The molecule has 0 saturated carbocycles. The van der Waals surface area contributed by atoms with Crippen LogP contribution in [0.5, 0.6) is 0 Å².